The van der Waals surface area contributed by atoms with E-state index in [0.717, 1.165) is 29.1 Å². The molecule has 1 aromatic heterocycles. The average molecular weight is 291 g/mol. The number of rotatable bonds is 5. The molecule has 0 unspecified atom stereocenters. The van der Waals surface area contributed by atoms with E-state index < -0.39 is 0 Å². The second-order valence-electron chi connectivity index (χ2n) is 5.31. The first-order valence-electron chi connectivity index (χ1n) is 7.50. The molecule has 0 saturated heterocycles. The summed E-state index contributed by atoms with van der Waals surface area (Å²) in [6.07, 6.45) is 5.49. The molecule has 0 spiro atoms. The topological polar surface area (TPSA) is 48.7 Å². The number of nitriles is 1. The van der Waals surface area contributed by atoms with E-state index in [0.29, 0.717) is 6.42 Å². The first-order chi connectivity index (χ1) is 10.6. The Morgan fingerprint density at radius 1 is 1.32 bits per heavy atom. The van der Waals surface area contributed by atoms with Crippen LogP contribution in [0.25, 0.3) is 5.57 Å². The summed E-state index contributed by atoms with van der Waals surface area (Å²) in [6, 6.07) is 12.2. The molecule has 0 amide bonds. The van der Waals surface area contributed by atoms with E-state index in [-0.39, 0.29) is 0 Å². The van der Waals surface area contributed by atoms with Crippen LogP contribution in [0.15, 0.2) is 42.6 Å². The number of aromatic nitrogens is 1. The number of hydrogen-bond donors (Lipinski definition) is 1. The Morgan fingerprint density at radius 3 is 2.86 bits per heavy atom. The molecule has 1 heterocycles. The molecule has 3 heteroatoms. The van der Waals surface area contributed by atoms with Crippen molar-refractivity contribution < 1.29 is 0 Å². The summed E-state index contributed by atoms with van der Waals surface area (Å²) in [4.78, 5) is 4.48. The average Bonchev–Trinajstić information content (AvgIpc) is 2.50. The monoisotopic (exact) mass is 291 g/mol. The van der Waals surface area contributed by atoms with Gasteiger partial charge in [0.1, 0.15) is 0 Å². The highest BCUT2D eigenvalue weighted by molar-refractivity contribution is 5.70. The molecule has 0 fully saturated rings. The van der Waals surface area contributed by atoms with Crippen LogP contribution in [0, 0.1) is 18.3 Å². The smallest absolute Gasteiger partial charge is 0.0669 e. The predicted molar refractivity (Wildman–Crippen MR) is 92.0 cm³/mol. The Morgan fingerprint density at radius 2 is 2.14 bits per heavy atom. The molecule has 0 atom stereocenters. The second kappa shape index (κ2) is 7.42. The predicted octanol–water partition coefficient (Wildman–Crippen LogP) is 5.01. The summed E-state index contributed by atoms with van der Waals surface area (Å²) >= 11 is 0. The normalized spacial score (nSPS) is 11.1. The fourth-order valence-corrected chi connectivity index (χ4v) is 2.43. The lowest BCUT2D eigenvalue weighted by molar-refractivity contribution is 1.17. The minimum Gasteiger partial charge on any atom is -0.354 e. The van der Waals surface area contributed by atoms with Crippen LogP contribution >= 0.6 is 0 Å². The summed E-state index contributed by atoms with van der Waals surface area (Å²) in [7, 11) is 0. The molecule has 3 nitrogen and oxygen atoms in total. The van der Waals surface area contributed by atoms with Gasteiger partial charge in [0.25, 0.3) is 0 Å². The molecule has 0 aliphatic carbocycles. The maximum Gasteiger partial charge on any atom is 0.0669 e. The molecular weight excluding hydrogens is 270 g/mol. The molecule has 2 aromatic rings. The number of allylic oxidation sites excluding steroid dienone is 2. The van der Waals surface area contributed by atoms with Gasteiger partial charge in [-0.05, 0) is 49.6 Å². The fourth-order valence-electron chi connectivity index (χ4n) is 2.43. The highest BCUT2D eigenvalue weighted by Gasteiger charge is 2.04. The fraction of sp³-hybridized carbons (Fsp3) is 0.263. The van der Waals surface area contributed by atoms with Crippen molar-refractivity contribution in [1.82, 2.24) is 4.98 Å². The molecule has 112 valence electrons. The standard InChI is InChI=1S/C19H21N3/c1-4-6-14(2)19-12-18(13-21-15(19)3)22-17-8-5-7-16(11-17)9-10-20/h5-8,11-13,22H,4,9H2,1-3H3/b14-6-. The SMILES string of the molecule is CC/C=C(/C)c1cc(Nc2cccc(CC#N)c2)cnc1C. The van der Waals surface area contributed by atoms with Gasteiger partial charge < -0.3 is 5.32 Å². The molecule has 1 N–H and O–H groups in total. The number of anilines is 2. The van der Waals surface area contributed by atoms with Crippen LogP contribution in [0.1, 0.15) is 37.1 Å². The van der Waals surface area contributed by atoms with Crippen molar-refractivity contribution in [3.05, 3.63) is 59.4 Å². The maximum absolute atomic E-state index is 8.79. The number of nitrogens with one attached hydrogen (secondary N) is 1. The van der Waals surface area contributed by atoms with Crippen LogP contribution in [-0.4, -0.2) is 4.98 Å². The Kier molecular flexibility index (Phi) is 5.32. The van der Waals surface area contributed by atoms with E-state index in [1.54, 1.807) is 0 Å². The summed E-state index contributed by atoms with van der Waals surface area (Å²) in [5.41, 5.74) is 6.38. The number of aryl methyl sites for hydroxylation is 1. The molecular formula is C19H21N3. The van der Waals surface area contributed by atoms with Gasteiger partial charge in [0.05, 0.1) is 24.4 Å². The Balaban J connectivity index is 2.27. The first kappa shape index (κ1) is 15.8. The van der Waals surface area contributed by atoms with Crippen LogP contribution < -0.4 is 5.32 Å². The zero-order valence-corrected chi connectivity index (χ0v) is 13.4. The van der Waals surface area contributed by atoms with Crippen LogP contribution in [-0.2, 0) is 6.42 Å². The van der Waals surface area contributed by atoms with Crippen molar-refractivity contribution in [3.8, 4) is 6.07 Å². The van der Waals surface area contributed by atoms with Crippen molar-refractivity contribution in [3.63, 3.8) is 0 Å². The third-order valence-electron chi connectivity index (χ3n) is 3.52. The minimum absolute atomic E-state index is 0.422. The van der Waals surface area contributed by atoms with E-state index >= 15 is 0 Å². The van der Waals surface area contributed by atoms with Crippen molar-refractivity contribution in [2.75, 3.05) is 5.32 Å². The first-order valence-corrected chi connectivity index (χ1v) is 7.50. The summed E-state index contributed by atoms with van der Waals surface area (Å²) in [5, 5.41) is 12.2. The quantitative estimate of drug-likeness (QED) is 0.842. The molecule has 0 aliphatic heterocycles. The number of hydrogen-bond acceptors (Lipinski definition) is 3. The van der Waals surface area contributed by atoms with Gasteiger partial charge in [-0.1, -0.05) is 25.1 Å². The lowest BCUT2D eigenvalue weighted by atomic mass is 10.0. The van der Waals surface area contributed by atoms with Crippen LogP contribution in [0.4, 0.5) is 11.4 Å². The van der Waals surface area contributed by atoms with Gasteiger partial charge >= 0.3 is 0 Å². The van der Waals surface area contributed by atoms with Crippen LogP contribution in [0.5, 0.6) is 0 Å². The Hall–Kier alpha value is -2.60. The lowest BCUT2D eigenvalue weighted by Gasteiger charge is -2.11. The van der Waals surface area contributed by atoms with E-state index in [9.17, 15) is 0 Å². The minimum atomic E-state index is 0.422. The highest BCUT2D eigenvalue weighted by atomic mass is 14.9. The molecule has 0 aliphatic rings. The third-order valence-corrected chi connectivity index (χ3v) is 3.52. The molecule has 1 aromatic carbocycles. The number of nitrogens with zero attached hydrogens (tertiary/aromatic N) is 2. The summed E-state index contributed by atoms with van der Waals surface area (Å²) in [6.45, 7) is 6.28. The molecule has 0 bridgehead atoms. The van der Waals surface area contributed by atoms with E-state index in [1.807, 2.05) is 37.4 Å². The summed E-state index contributed by atoms with van der Waals surface area (Å²) in [5.74, 6) is 0. The zero-order chi connectivity index (χ0) is 15.9. The van der Waals surface area contributed by atoms with Crippen molar-refractivity contribution in [1.29, 1.82) is 5.26 Å². The largest absolute Gasteiger partial charge is 0.354 e. The zero-order valence-electron chi connectivity index (χ0n) is 13.4. The molecule has 2 rings (SSSR count). The van der Waals surface area contributed by atoms with Gasteiger partial charge in [0.2, 0.25) is 0 Å². The Labute approximate surface area is 132 Å². The highest BCUT2D eigenvalue weighted by Crippen LogP contribution is 2.24. The molecule has 22 heavy (non-hydrogen) atoms. The van der Waals surface area contributed by atoms with Crippen molar-refractivity contribution in [2.24, 2.45) is 0 Å². The molecule has 0 radical (unpaired) electrons. The van der Waals surface area contributed by atoms with Crippen LogP contribution in [0.2, 0.25) is 0 Å². The van der Waals surface area contributed by atoms with Gasteiger partial charge in [0.15, 0.2) is 0 Å². The van der Waals surface area contributed by atoms with E-state index in [4.69, 9.17) is 5.26 Å². The number of pyridine rings is 1. The Bertz CT molecular complexity index is 724. The van der Waals surface area contributed by atoms with Crippen LogP contribution in [0.3, 0.4) is 0 Å². The van der Waals surface area contributed by atoms with Crippen molar-refractivity contribution >= 4 is 16.9 Å². The summed E-state index contributed by atoms with van der Waals surface area (Å²) < 4.78 is 0. The van der Waals surface area contributed by atoms with Gasteiger partial charge in [-0.15, -0.1) is 0 Å². The third kappa shape index (κ3) is 3.95. The van der Waals surface area contributed by atoms with E-state index in [2.05, 4.69) is 42.4 Å². The lowest BCUT2D eigenvalue weighted by Crippen LogP contribution is -1.96. The number of benzene rings is 1. The van der Waals surface area contributed by atoms with Gasteiger partial charge in [-0.3, -0.25) is 4.98 Å². The van der Waals surface area contributed by atoms with Gasteiger partial charge in [-0.25, -0.2) is 0 Å². The van der Waals surface area contributed by atoms with E-state index in [1.165, 1.54) is 11.1 Å². The van der Waals surface area contributed by atoms with Crippen molar-refractivity contribution in [2.45, 2.75) is 33.6 Å². The van der Waals surface area contributed by atoms with Gasteiger partial charge in [-0.2, -0.15) is 5.26 Å². The molecule has 0 saturated carbocycles. The van der Waals surface area contributed by atoms with Gasteiger partial charge in [0, 0.05) is 16.9 Å². The second-order valence-corrected chi connectivity index (χ2v) is 5.31. The maximum atomic E-state index is 8.79.